The molecule has 2 aromatic carbocycles. The molecule has 1 aliphatic heterocycles. The SMILES string of the molecule is Nc1cccc(C(=O)N2CCCC2c2ccccc2Cl)c1. The van der Waals surface area contributed by atoms with Gasteiger partial charge >= 0.3 is 0 Å². The first kappa shape index (κ1) is 14.0. The Labute approximate surface area is 129 Å². The number of benzene rings is 2. The van der Waals surface area contributed by atoms with Gasteiger partial charge in [0.2, 0.25) is 0 Å². The highest BCUT2D eigenvalue weighted by Crippen LogP contribution is 2.36. The molecule has 1 amide bonds. The fourth-order valence-corrected chi connectivity index (χ4v) is 3.18. The number of rotatable bonds is 2. The van der Waals surface area contributed by atoms with Gasteiger partial charge in [0.25, 0.3) is 5.91 Å². The minimum Gasteiger partial charge on any atom is -0.399 e. The lowest BCUT2D eigenvalue weighted by Crippen LogP contribution is -2.30. The smallest absolute Gasteiger partial charge is 0.254 e. The van der Waals surface area contributed by atoms with Gasteiger partial charge in [-0.3, -0.25) is 4.79 Å². The van der Waals surface area contributed by atoms with E-state index in [1.807, 2.05) is 35.2 Å². The largest absolute Gasteiger partial charge is 0.399 e. The number of nitrogens with zero attached hydrogens (tertiary/aromatic N) is 1. The Balaban J connectivity index is 1.91. The van der Waals surface area contributed by atoms with Crippen molar-refractivity contribution in [2.24, 2.45) is 0 Å². The van der Waals surface area contributed by atoms with E-state index in [0.29, 0.717) is 11.3 Å². The molecule has 0 aromatic heterocycles. The van der Waals surface area contributed by atoms with Crippen LogP contribution in [0.2, 0.25) is 5.02 Å². The summed E-state index contributed by atoms with van der Waals surface area (Å²) in [6.07, 6.45) is 1.93. The van der Waals surface area contributed by atoms with Gasteiger partial charge in [-0.25, -0.2) is 0 Å². The summed E-state index contributed by atoms with van der Waals surface area (Å²) in [5, 5.41) is 0.717. The molecule has 21 heavy (non-hydrogen) atoms. The van der Waals surface area contributed by atoms with Crippen LogP contribution >= 0.6 is 11.6 Å². The number of anilines is 1. The van der Waals surface area contributed by atoms with Crippen LogP contribution in [0.5, 0.6) is 0 Å². The molecule has 0 bridgehead atoms. The van der Waals surface area contributed by atoms with E-state index in [4.69, 9.17) is 17.3 Å². The monoisotopic (exact) mass is 300 g/mol. The summed E-state index contributed by atoms with van der Waals surface area (Å²) < 4.78 is 0. The van der Waals surface area contributed by atoms with Crippen molar-refractivity contribution in [1.82, 2.24) is 4.90 Å². The Kier molecular flexibility index (Phi) is 3.84. The maximum Gasteiger partial charge on any atom is 0.254 e. The molecule has 3 nitrogen and oxygen atoms in total. The zero-order valence-electron chi connectivity index (χ0n) is 11.6. The first-order chi connectivity index (χ1) is 10.2. The topological polar surface area (TPSA) is 46.3 Å². The lowest BCUT2D eigenvalue weighted by molar-refractivity contribution is 0.0736. The van der Waals surface area contributed by atoms with Crippen LogP contribution in [0.1, 0.15) is 34.8 Å². The molecule has 1 saturated heterocycles. The van der Waals surface area contributed by atoms with Crippen LogP contribution in [-0.4, -0.2) is 17.4 Å². The van der Waals surface area contributed by atoms with Gasteiger partial charge < -0.3 is 10.6 Å². The third-order valence-corrected chi connectivity index (χ3v) is 4.26. The summed E-state index contributed by atoms with van der Waals surface area (Å²) in [6, 6.07) is 14.9. The molecule has 0 spiro atoms. The van der Waals surface area contributed by atoms with Gasteiger partial charge in [0.15, 0.2) is 0 Å². The average Bonchev–Trinajstić information content (AvgIpc) is 2.96. The Bertz CT molecular complexity index is 671. The Morgan fingerprint density at radius 1 is 1.19 bits per heavy atom. The molecule has 2 N–H and O–H groups in total. The summed E-state index contributed by atoms with van der Waals surface area (Å²) in [5.41, 5.74) is 8.03. The van der Waals surface area contributed by atoms with E-state index in [1.165, 1.54) is 0 Å². The van der Waals surface area contributed by atoms with Gasteiger partial charge in [-0.2, -0.15) is 0 Å². The third-order valence-electron chi connectivity index (χ3n) is 3.91. The number of nitrogens with two attached hydrogens (primary N) is 1. The van der Waals surface area contributed by atoms with Gasteiger partial charge in [0.1, 0.15) is 0 Å². The number of halogens is 1. The second-order valence-corrected chi connectivity index (χ2v) is 5.71. The lowest BCUT2D eigenvalue weighted by Gasteiger charge is -2.26. The average molecular weight is 301 g/mol. The highest BCUT2D eigenvalue weighted by molar-refractivity contribution is 6.31. The molecule has 0 saturated carbocycles. The minimum absolute atomic E-state index is 0.0183. The van der Waals surface area contributed by atoms with Gasteiger partial charge in [0, 0.05) is 22.8 Å². The van der Waals surface area contributed by atoms with Crippen molar-refractivity contribution < 1.29 is 4.79 Å². The van der Waals surface area contributed by atoms with Crippen molar-refractivity contribution in [3.8, 4) is 0 Å². The number of nitrogen functional groups attached to an aromatic ring is 1. The van der Waals surface area contributed by atoms with Crippen molar-refractivity contribution in [2.75, 3.05) is 12.3 Å². The predicted octanol–water partition coefficient (Wildman–Crippen LogP) is 3.90. The van der Waals surface area contributed by atoms with Crippen molar-refractivity contribution >= 4 is 23.2 Å². The van der Waals surface area contributed by atoms with E-state index in [-0.39, 0.29) is 11.9 Å². The molecule has 0 aliphatic carbocycles. The number of hydrogen-bond acceptors (Lipinski definition) is 2. The number of carbonyl (C=O) groups excluding carboxylic acids is 1. The molecular formula is C17H17ClN2O. The van der Waals surface area contributed by atoms with E-state index in [2.05, 4.69) is 0 Å². The van der Waals surface area contributed by atoms with Gasteiger partial charge in [-0.05, 0) is 42.7 Å². The second kappa shape index (κ2) is 5.78. The molecule has 1 aliphatic rings. The van der Waals surface area contributed by atoms with Crippen LogP contribution in [0.4, 0.5) is 5.69 Å². The van der Waals surface area contributed by atoms with E-state index >= 15 is 0 Å². The molecule has 1 atom stereocenters. The Morgan fingerprint density at radius 3 is 2.76 bits per heavy atom. The minimum atomic E-state index is 0.0183. The normalized spacial score (nSPS) is 18.0. The lowest BCUT2D eigenvalue weighted by atomic mass is 10.0. The molecule has 1 unspecified atom stereocenters. The van der Waals surface area contributed by atoms with E-state index in [9.17, 15) is 4.79 Å². The van der Waals surface area contributed by atoms with Crippen LogP contribution < -0.4 is 5.73 Å². The van der Waals surface area contributed by atoms with Gasteiger partial charge in [0.05, 0.1) is 6.04 Å². The first-order valence-electron chi connectivity index (χ1n) is 7.08. The highest BCUT2D eigenvalue weighted by atomic mass is 35.5. The summed E-state index contributed by atoms with van der Waals surface area (Å²) in [7, 11) is 0. The van der Waals surface area contributed by atoms with Crippen LogP contribution in [0.3, 0.4) is 0 Å². The van der Waals surface area contributed by atoms with Crippen LogP contribution in [-0.2, 0) is 0 Å². The fourth-order valence-electron chi connectivity index (χ4n) is 2.92. The quantitative estimate of drug-likeness (QED) is 0.855. The summed E-state index contributed by atoms with van der Waals surface area (Å²) in [5.74, 6) is 0.0183. The third kappa shape index (κ3) is 2.74. The molecule has 108 valence electrons. The van der Waals surface area contributed by atoms with E-state index in [1.54, 1.807) is 18.2 Å². The molecule has 0 radical (unpaired) electrons. The number of likely N-dealkylation sites (tertiary alicyclic amines) is 1. The predicted molar refractivity (Wildman–Crippen MR) is 85.3 cm³/mol. The Morgan fingerprint density at radius 2 is 2.00 bits per heavy atom. The van der Waals surface area contributed by atoms with Crippen LogP contribution in [0, 0.1) is 0 Å². The molecule has 1 heterocycles. The van der Waals surface area contributed by atoms with Crippen molar-refractivity contribution in [3.63, 3.8) is 0 Å². The number of hydrogen-bond donors (Lipinski definition) is 1. The molecule has 2 aromatic rings. The number of carbonyl (C=O) groups is 1. The summed E-state index contributed by atoms with van der Waals surface area (Å²) >= 11 is 6.29. The zero-order chi connectivity index (χ0) is 14.8. The van der Waals surface area contributed by atoms with E-state index < -0.39 is 0 Å². The zero-order valence-corrected chi connectivity index (χ0v) is 12.4. The summed E-state index contributed by atoms with van der Waals surface area (Å²) in [6.45, 7) is 0.753. The van der Waals surface area contributed by atoms with Gasteiger partial charge in [-0.15, -0.1) is 0 Å². The standard InChI is InChI=1S/C17H17ClN2O/c18-15-8-2-1-7-14(15)16-9-4-10-20(16)17(21)12-5-3-6-13(19)11-12/h1-3,5-8,11,16H,4,9-10,19H2. The maximum absolute atomic E-state index is 12.7. The summed E-state index contributed by atoms with van der Waals surface area (Å²) in [4.78, 5) is 14.6. The van der Waals surface area contributed by atoms with Gasteiger partial charge in [-0.1, -0.05) is 35.9 Å². The molecule has 1 fully saturated rings. The first-order valence-corrected chi connectivity index (χ1v) is 7.45. The second-order valence-electron chi connectivity index (χ2n) is 5.30. The van der Waals surface area contributed by atoms with Crippen LogP contribution in [0.15, 0.2) is 48.5 Å². The van der Waals surface area contributed by atoms with Crippen molar-refractivity contribution in [3.05, 3.63) is 64.7 Å². The fraction of sp³-hybridized carbons (Fsp3) is 0.235. The van der Waals surface area contributed by atoms with Crippen molar-refractivity contribution in [2.45, 2.75) is 18.9 Å². The van der Waals surface area contributed by atoms with Crippen molar-refractivity contribution in [1.29, 1.82) is 0 Å². The maximum atomic E-state index is 12.7. The number of amides is 1. The highest BCUT2D eigenvalue weighted by Gasteiger charge is 2.31. The Hall–Kier alpha value is -2.00. The molecular weight excluding hydrogens is 284 g/mol. The van der Waals surface area contributed by atoms with Crippen LogP contribution in [0.25, 0.3) is 0 Å². The molecule has 3 rings (SSSR count). The molecule has 4 heteroatoms. The van der Waals surface area contributed by atoms with E-state index in [0.717, 1.165) is 30.0 Å².